The zero-order valence-corrected chi connectivity index (χ0v) is 18.3. The molecule has 6 nitrogen and oxygen atoms in total. The number of carbonyl (C=O) groups is 3. The van der Waals surface area contributed by atoms with Gasteiger partial charge in [0.2, 0.25) is 5.91 Å². The van der Waals surface area contributed by atoms with E-state index >= 15 is 0 Å². The van der Waals surface area contributed by atoms with Crippen molar-refractivity contribution in [3.8, 4) is 0 Å². The number of benzene rings is 2. The second-order valence-electron chi connectivity index (χ2n) is 7.95. The van der Waals surface area contributed by atoms with Crippen LogP contribution >= 0.6 is 11.6 Å². The predicted molar refractivity (Wildman–Crippen MR) is 121 cm³/mol. The van der Waals surface area contributed by atoms with Gasteiger partial charge in [0, 0.05) is 55.8 Å². The van der Waals surface area contributed by atoms with E-state index in [1.165, 1.54) is 0 Å². The van der Waals surface area contributed by atoms with Gasteiger partial charge in [0.25, 0.3) is 0 Å². The van der Waals surface area contributed by atoms with Gasteiger partial charge in [-0.3, -0.25) is 14.4 Å². The van der Waals surface area contributed by atoms with Crippen molar-refractivity contribution in [2.24, 2.45) is 5.92 Å². The van der Waals surface area contributed by atoms with E-state index < -0.39 is 5.97 Å². The Bertz CT molecular complexity index is 937. The van der Waals surface area contributed by atoms with E-state index in [0.717, 1.165) is 11.3 Å². The summed E-state index contributed by atoms with van der Waals surface area (Å²) in [6.07, 6.45) is 1.59. The average Bonchev–Trinajstić information content (AvgIpc) is 2.78. The van der Waals surface area contributed by atoms with E-state index in [1.807, 2.05) is 24.3 Å². The molecule has 0 unspecified atom stereocenters. The van der Waals surface area contributed by atoms with Crippen LogP contribution in [-0.4, -0.2) is 47.8 Å². The number of Topliss-reactive ketones (excluding diaryl/α,β-unsaturated/α-hetero) is 1. The first-order chi connectivity index (χ1) is 14.8. The Balaban J connectivity index is 1.51. The highest BCUT2D eigenvalue weighted by Gasteiger charge is 2.24. The molecule has 1 fully saturated rings. The number of nitrogens with zero attached hydrogens (tertiary/aromatic N) is 2. The number of anilines is 1. The third-order valence-electron chi connectivity index (χ3n) is 5.70. The number of hydrogen-bond acceptors (Lipinski definition) is 4. The topological polar surface area (TPSA) is 77.9 Å². The van der Waals surface area contributed by atoms with E-state index in [2.05, 4.69) is 4.90 Å². The van der Waals surface area contributed by atoms with Crippen molar-refractivity contribution in [2.45, 2.75) is 32.2 Å². The molecule has 1 amide bonds. The fourth-order valence-corrected chi connectivity index (χ4v) is 3.92. The molecule has 164 valence electrons. The van der Waals surface area contributed by atoms with E-state index in [-0.39, 0.29) is 30.4 Å². The molecule has 0 aromatic heterocycles. The number of hydrogen-bond donors (Lipinski definition) is 1. The maximum atomic E-state index is 12.5. The maximum Gasteiger partial charge on any atom is 0.306 e. The Hall–Kier alpha value is -2.86. The zero-order valence-electron chi connectivity index (χ0n) is 17.6. The van der Waals surface area contributed by atoms with Gasteiger partial charge in [0.15, 0.2) is 5.78 Å². The quantitative estimate of drug-likeness (QED) is 0.618. The first-order valence-corrected chi connectivity index (χ1v) is 10.8. The third kappa shape index (κ3) is 6.31. The molecule has 0 atom stereocenters. The SMILES string of the molecule is CN(Cc1cccc(N2CCC(C(=O)O)CC2)c1)C(=O)CCC(=O)c1ccc(Cl)cc1. The largest absolute Gasteiger partial charge is 0.481 e. The normalized spacial score (nSPS) is 14.3. The Kier molecular flexibility index (Phi) is 7.69. The molecule has 1 saturated heterocycles. The Morgan fingerprint density at radius 2 is 1.74 bits per heavy atom. The van der Waals surface area contributed by atoms with E-state index in [0.29, 0.717) is 43.1 Å². The van der Waals surface area contributed by atoms with Gasteiger partial charge in [-0.15, -0.1) is 0 Å². The first kappa shape index (κ1) is 22.8. The number of piperidine rings is 1. The molecule has 3 rings (SSSR count). The summed E-state index contributed by atoms with van der Waals surface area (Å²) in [5.74, 6) is -1.15. The van der Waals surface area contributed by atoms with Crippen LogP contribution < -0.4 is 4.90 Å². The smallest absolute Gasteiger partial charge is 0.306 e. The second-order valence-corrected chi connectivity index (χ2v) is 8.39. The molecule has 0 aliphatic carbocycles. The summed E-state index contributed by atoms with van der Waals surface area (Å²) in [5.41, 5.74) is 2.59. The number of carboxylic acids is 1. The summed E-state index contributed by atoms with van der Waals surface area (Å²) >= 11 is 5.84. The summed E-state index contributed by atoms with van der Waals surface area (Å²) in [6, 6.07) is 14.7. The van der Waals surface area contributed by atoms with E-state index in [9.17, 15) is 14.4 Å². The van der Waals surface area contributed by atoms with Gasteiger partial charge in [0.1, 0.15) is 0 Å². The van der Waals surface area contributed by atoms with Crippen LogP contribution in [0.2, 0.25) is 5.02 Å². The lowest BCUT2D eigenvalue weighted by Gasteiger charge is -2.32. The zero-order chi connectivity index (χ0) is 22.4. The highest BCUT2D eigenvalue weighted by Crippen LogP contribution is 2.24. The number of halogens is 1. The van der Waals surface area contributed by atoms with Crippen LogP contribution in [0.25, 0.3) is 0 Å². The number of amides is 1. The van der Waals surface area contributed by atoms with Gasteiger partial charge in [-0.2, -0.15) is 0 Å². The van der Waals surface area contributed by atoms with Gasteiger partial charge < -0.3 is 14.9 Å². The van der Waals surface area contributed by atoms with Crippen LogP contribution in [0, 0.1) is 5.92 Å². The van der Waals surface area contributed by atoms with Crippen molar-refractivity contribution < 1.29 is 19.5 Å². The van der Waals surface area contributed by atoms with Crippen molar-refractivity contribution in [1.82, 2.24) is 4.90 Å². The number of carboxylic acid groups (broad SMARTS) is 1. The van der Waals surface area contributed by atoms with Gasteiger partial charge >= 0.3 is 5.97 Å². The lowest BCUT2D eigenvalue weighted by molar-refractivity contribution is -0.142. The molecule has 0 saturated carbocycles. The fourth-order valence-electron chi connectivity index (χ4n) is 3.79. The molecule has 1 N–H and O–H groups in total. The third-order valence-corrected chi connectivity index (χ3v) is 5.95. The lowest BCUT2D eigenvalue weighted by Crippen LogP contribution is -2.36. The van der Waals surface area contributed by atoms with E-state index in [1.54, 1.807) is 36.2 Å². The van der Waals surface area contributed by atoms with Crippen LogP contribution in [-0.2, 0) is 16.1 Å². The van der Waals surface area contributed by atoms with Crippen LogP contribution in [0.3, 0.4) is 0 Å². The van der Waals surface area contributed by atoms with E-state index in [4.69, 9.17) is 16.7 Å². The maximum absolute atomic E-state index is 12.5. The molecule has 0 spiro atoms. The summed E-state index contributed by atoms with van der Waals surface area (Å²) in [6.45, 7) is 1.87. The predicted octanol–water partition coefficient (Wildman–Crippen LogP) is 4.26. The molecular formula is C24H27ClN2O4. The molecule has 1 heterocycles. The minimum Gasteiger partial charge on any atom is -0.481 e. The Morgan fingerprint density at radius 3 is 2.39 bits per heavy atom. The van der Waals surface area contributed by atoms with Crippen molar-refractivity contribution in [3.05, 3.63) is 64.7 Å². The molecular weight excluding hydrogens is 416 g/mol. The Labute approximate surface area is 187 Å². The molecule has 0 bridgehead atoms. The average molecular weight is 443 g/mol. The standard InChI is InChI=1S/C24H27ClN2O4/c1-26(23(29)10-9-22(28)18-5-7-20(25)8-6-18)16-17-3-2-4-21(15-17)27-13-11-19(12-14-27)24(30)31/h2-8,15,19H,9-14,16H2,1H3,(H,30,31). The second kappa shape index (κ2) is 10.4. The number of carbonyl (C=O) groups excluding carboxylic acids is 2. The molecule has 1 aliphatic rings. The monoisotopic (exact) mass is 442 g/mol. The summed E-state index contributed by atoms with van der Waals surface area (Å²) in [4.78, 5) is 39.7. The van der Waals surface area contributed by atoms with Crippen LogP contribution in [0.1, 0.15) is 41.6 Å². The minimum absolute atomic E-state index is 0.0785. The minimum atomic E-state index is -0.719. The van der Waals surface area contributed by atoms with Gasteiger partial charge in [-0.1, -0.05) is 23.7 Å². The van der Waals surface area contributed by atoms with Crippen LogP contribution in [0.15, 0.2) is 48.5 Å². The summed E-state index contributed by atoms with van der Waals surface area (Å²) in [7, 11) is 1.74. The molecule has 0 radical (unpaired) electrons. The summed E-state index contributed by atoms with van der Waals surface area (Å²) < 4.78 is 0. The highest BCUT2D eigenvalue weighted by atomic mass is 35.5. The molecule has 7 heteroatoms. The fraction of sp³-hybridized carbons (Fsp3) is 0.375. The number of rotatable bonds is 8. The Morgan fingerprint density at radius 1 is 1.06 bits per heavy atom. The van der Waals surface area contributed by atoms with Crippen LogP contribution in [0.4, 0.5) is 5.69 Å². The van der Waals surface area contributed by atoms with Gasteiger partial charge in [0.05, 0.1) is 5.92 Å². The van der Waals surface area contributed by atoms with Crippen molar-refractivity contribution >= 4 is 34.9 Å². The highest BCUT2D eigenvalue weighted by molar-refractivity contribution is 6.30. The molecule has 2 aromatic carbocycles. The van der Waals surface area contributed by atoms with Crippen molar-refractivity contribution in [2.75, 3.05) is 25.0 Å². The number of aliphatic carboxylic acids is 1. The van der Waals surface area contributed by atoms with Gasteiger partial charge in [-0.25, -0.2) is 0 Å². The van der Waals surface area contributed by atoms with Crippen LogP contribution in [0.5, 0.6) is 0 Å². The van der Waals surface area contributed by atoms with Crippen molar-refractivity contribution in [1.29, 1.82) is 0 Å². The molecule has 31 heavy (non-hydrogen) atoms. The molecule has 2 aromatic rings. The molecule has 1 aliphatic heterocycles. The summed E-state index contributed by atoms with van der Waals surface area (Å²) in [5, 5.41) is 9.73. The van der Waals surface area contributed by atoms with Gasteiger partial charge in [-0.05, 0) is 54.8 Å². The number of ketones is 1. The van der Waals surface area contributed by atoms with Crippen molar-refractivity contribution in [3.63, 3.8) is 0 Å². The first-order valence-electron chi connectivity index (χ1n) is 10.4. The lowest BCUT2D eigenvalue weighted by atomic mass is 9.96.